The van der Waals surface area contributed by atoms with E-state index in [2.05, 4.69) is 32.0 Å². The fourth-order valence-electron chi connectivity index (χ4n) is 2.65. The molecule has 0 amide bonds. The highest BCUT2D eigenvalue weighted by Gasteiger charge is 2.07. The van der Waals surface area contributed by atoms with Crippen LogP contribution in [0, 0.1) is 6.92 Å². The van der Waals surface area contributed by atoms with Crippen molar-refractivity contribution in [3.63, 3.8) is 0 Å². The minimum atomic E-state index is 0.376. The molecule has 1 N–H and O–H groups in total. The second-order valence-corrected chi connectivity index (χ2v) is 6.02. The summed E-state index contributed by atoms with van der Waals surface area (Å²) in [7, 11) is 1.58. The average Bonchev–Trinajstić information content (AvgIpc) is 2.59. The number of hydrogen-bond donors (Lipinski definition) is 1. The van der Waals surface area contributed by atoms with E-state index in [9.17, 15) is 0 Å². The van der Waals surface area contributed by atoms with Gasteiger partial charge in [-0.05, 0) is 54.3 Å². The third-order valence-corrected chi connectivity index (χ3v) is 3.87. The number of rotatable bonds is 8. The molecule has 0 aliphatic heterocycles. The van der Waals surface area contributed by atoms with Crippen LogP contribution in [0.3, 0.4) is 0 Å². The first-order valence-corrected chi connectivity index (χ1v) is 8.26. The van der Waals surface area contributed by atoms with Crippen molar-refractivity contribution in [3.05, 3.63) is 53.1 Å². The highest BCUT2D eigenvalue weighted by molar-refractivity contribution is 5.80. The van der Waals surface area contributed by atoms with E-state index in [-0.39, 0.29) is 0 Å². The molecule has 0 saturated carbocycles. The van der Waals surface area contributed by atoms with Crippen LogP contribution in [0.1, 0.15) is 36.5 Å². The Morgan fingerprint density at radius 2 is 1.80 bits per heavy atom. The molecule has 0 spiro atoms. The quantitative estimate of drug-likeness (QED) is 0.334. The van der Waals surface area contributed by atoms with Gasteiger partial charge >= 0.3 is 0 Å². The summed E-state index contributed by atoms with van der Waals surface area (Å²) in [5.41, 5.74) is 3.28. The minimum absolute atomic E-state index is 0.376. The predicted molar refractivity (Wildman–Crippen MR) is 98.6 cm³/mol. The number of methoxy groups -OCH3 is 1. The lowest BCUT2D eigenvalue weighted by molar-refractivity contribution is 0.211. The first-order valence-electron chi connectivity index (χ1n) is 8.26. The molecule has 2 aromatic carbocycles. The predicted octanol–water partition coefficient (Wildman–Crippen LogP) is 4.39. The van der Waals surface area contributed by atoms with Crippen molar-refractivity contribution in [2.24, 2.45) is 5.16 Å². The van der Waals surface area contributed by atoms with Crippen molar-refractivity contribution in [3.8, 4) is 17.2 Å². The first-order chi connectivity index (χ1) is 12.0. The lowest BCUT2D eigenvalue weighted by atomic mass is 9.98. The first kappa shape index (κ1) is 18.6. The monoisotopic (exact) mass is 343 g/mol. The van der Waals surface area contributed by atoms with Gasteiger partial charge in [0.15, 0.2) is 11.5 Å². The van der Waals surface area contributed by atoms with E-state index < -0.39 is 0 Å². The Hall–Kier alpha value is -2.69. The van der Waals surface area contributed by atoms with Crippen LogP contribution in [-0.4, -0.2) is 31.7 Å². The highest BCUT2D eigenvalue weighted by Crippen LogP contribution is 2.28. The van der Waals surface area contributed by atoms with Crippen molar-refractivity contribution >= 4 is 6.21 Å². The molecule has 0 aliphatic rings. The molecule has 0 radical (unpaired) electrons. The van der Waals surface area contributed by atoms with Crippen molar-refractivity contribution in [2.75, 3.05) is 20.3 Å². The SMILES string of the molecule is COc1ccc(C=NO)cc1OCCOc1ccc(C(C)C)c(C)c1. The number of oxime groups is 1. The second-order valence-electron chi connectivity index (χ2n) is 6.02. The number of nitrogens with zero attached hydrogens (tertiary/aromatic N) is 1. The molecule has 5 nitrogen and oxygen atoms in total. The third kappa shape index (κ3) is 5.14. The van der Waals surface area contributed by atoms with Gasteiger partial charge in [-0.2, -0.15) is 0 Å². The number of aryl methyl sites for hydroxylation is 1. The van der Waals surface area contributed by atoms with E-state index in [1.54, 1.807) is 25.3 Å². The van der Waals surface area contributed by atoms with Crippen LogP contribution < -0.4 is 14.2 Å². The number of benzene rings is 2. The molecule has 0 saturated heterocycles. The van der Waals surface area contributed by atoms with Gasteiger partial charge in [-0.25, -0.2) is 0 Å². The maximum absolute atomic E-state index is 8.63. The Balaban J connectivity index is 1.93. The highest BCUT2D eigenvalue weighted by atomic mass is 16.5. The Morgan fingerprint density at radius 3 is 2.44 bits per heavy atom. The van der Waals surface area contributed by atoms with Crippen LogP contribution in [-0.2, 0) is 0 Å². The summed E-state index contributed by atoms with van der Waals surface area (Å²) in [6.07, 6.45) is 1.34. The zero-order chi connectivity index (χ0) is 18.2. The molecule has 134 valence electrons. The molecule has 0 aliphatic carbocycles. The summed E-state index contributed by atoms with van der Waals surface area (Å²) in [6.45, 7) is 7.25. The van der Waals surface area contributed by atoms with Crippen LogP contribution in [0.2, 0.25) is 0 Å². The van der Waals surface area contributed by atoms with Crippen molar-refractivity contribution in [2.45, 2.75) is 26.7 Å². The van der Waals surface area contributed by atoms with E-state index in [4.69, 9.17) is 19.4 Å². The van der Waals surface area contributed by atoms with Crippen LogP contribution in [0.15, 0.2) is 41.6 Å². The molecule has 0 atom stereocenters. The van der Waals surface area contributed by atoms with E-state index in [1.165, 1.54) is 17.3 Å². The standard InChI is InChI=1S/C20H25NO4/c1-14(2)18-7-6-17(11-15(18)3)24-9-10-25-20-12-16(13-21-22)5-8-19(20)23-4/h5-8,11-14,22H,9-10H2,1-4H3. The largest absolute Gasteiger partial charge is 0.493 e. The summed E-state index contributed by atoms with van der Waals surface area (Å²) in [5, 5.41) is 11.7. The molecular weight excluding hydrogens is 318 g/mol. The van der Waals surface area contributed by atoms with Gasteiger partial charge in [0.25, 0.3) is 0 Å². The zero-order valence-electron chi connectivity index (χ0n) is 15.2. The molecule has 0 heterocycles. The normalized spacial score (nSPS) is 11.1. The Bertz CT molecular complexity index is 726. The van der Waals surface area contributed by atoms with Gasteiger partial charge in [-0.3, -0.25) is 0 Å². The van der Waals surface area contributed by atoms with E-state index in [0.29, 0.717) is 30.6 Å². The van der Waals surface area contributed by atoms with Gasteiger partial charge in [0.1, 0.15) is 19.0 Å². The molecule has 2 rings (SSSR count). The number of hydrogen-bond acceptors (Lipinski definition) is 5. The number of ether oxygens (including phenoxy) is 3. The Morgan fingerprint density at radius 1 is 1.04 bits per heavy atom. The van der Waals surface area contributed by atoms with E-state index in [0.717, 1.165) is 11.3 Å². The van der Waals surface area contributed by atoms with Crippen molar-refractivity contribution in [1.82, 2.24) is 0 Å². The molecule has 0 aromatic heterocycles. The molecule has 2 aromatic rings. The minimum Gasteiger partial charge on any atom is -0.493 e. The van der Waals surface area contributed by atoms with Gasteiger partial charge in [-0.1, -0.05) is 25.1 Å². The summed E-state index contributed by atoms with van der Waals surface area (Å²) in [5.74, 6) is 2.53. The smallest absolute Gasteiger partial charge is 0.161 e. The average molecular weight is 343 g/mol. The zero-order valence-corrected chi connectivity index (χ0v) is 15.2. The van der Waals surface area contributed by atoms with Gasteiger partial charge in [0.05, 0.1) is 13.3 Å². The van der Waals surface area contributed by atoms with Gasteiger partial charge in [-0.15, -0.1) is 0 Å². The summed E-state index contributed by atoms with van der Waals surface area (Å²) in [6, 6.07) is 11.4. The van der Waals surface area contributed by atoms with Crippen LogP contribution in [0.4, 0.5) is 0 Å². The van der Waals surface area contributed by atoms with Gasteiger partial charge in [0, 0.05) is 5.56 Å². The van der Waals surface area contributed by atoms with Gasteiger partial charge in [0.2, 0.25) is 0 Å². The fraction of sp³-hybridized carbons (Fsp3) is 0.350. The van der Waals surface area contributed by atoms with Crippen molar-refractivity contribution < 1.29 is 19.4 Å². The lowest BCUT2D eigenvalue weighted by Gasteiger charge is -2.14. The Kier molecular flexibility index (Phi) is 6.69. The molecule has 0 fully saturated rings. The summed E-state index contributed by atoms with van der Waals surface area (Å²) in [4.78, 5) is 0. The maximum Gasteiger partial charge on any atom is 0.161 e. The topological polar surface area (TPSA) is 60.3 Å². The summed E-state index contributed by atoms with van der Waals surface area (Å²) < 4.78 is 16.8. The van der Waals surface area contributed by atoms with E-state index in [1.807, 2.05) is 12.1 Å². The molecular formula is C20H25NO4. The summed E-state index contributed by atoms with van der Waals surface area (Å²) >= 11 is 0. The van der Waals surface area contributed by atoms with Gasteiger partial charge < -0.3 is 19.4 Å². The molecule has 25 heavy (non-hydrogen) atoms. The van der Waals surface area contributed by atoms with Crippen LogP contribution >= 0.6 is 0 Å². The second kappa shape index (κ2) is 8.97. The van der Waals surface area contributed by atoms with Crippen LogP contribution in [0.5, 0.6) is 17.2 Å². The molecule has 0 unspecified atom stereocenters. The molecule has 5 heteroatoms. The van der Waals surface area contributed by atoms with Crippen molar-refractivity contribution in [1.29, 1.82) is 0 Å². The van der Waals surface area contributed by atoms with Crippen LogP contribution in [0.25, 0.3) is 0 Å². The maximum atomic E-state index is 8.63. The Labute approximate surface area is 148 Å². The van der Waals surface area contributed by atoms with E-state index >= 15 is 0 Å². The third-order valence-electron chi connectivity index (χ3n) is 3.87. The fourth-order valence-corrected chi connectivity index (χ4v) is 2.65. The lowest BCUT2D eigenvalue weighted by Crippen LogP contribution is -2.10. The molecule has 0 bridgehead atoms.